The molecule has 6 nitrogen and oxygen atoms in total. The zero-order valence-corrected chi connectivity index (χ0v) is 15.8. The molecule has 0 spiro atoms. The van der Waals surface area contributed by atoms with E-state index in [1.165, 1.54) is 13.0 Å². The number of nitrogens with zero attached hydrogens (tertiary/aromatic N) is 2. The zero-order valence-electron chi connectivity index (χ0n) is 15.8. The number of anilines is 2. The molecule has 2 amide bonds. The van der Waals surface area contributed by atoms with E-state index in [0.29, 0.717) is 11.4 Å². The number of halogens is 1. The summed E-state index contributed by atoms with van der Waals surface area (Å²) in [7, 11) is 1.58. The van der Waals surface area contributed by atoms with Crippen LogP contribution in [-0.2, 0) is 4.79 Å². The topological polar surface area (TPSA) is 74.3 Å². The van der Waals surface area contributed by atoms with Gasteiger partial charge < -0.3 is 15.5 Å². The number of amides is 2. The first-order chi connectivity index (χ1) is 12.8. The molecule has 2 unspecified atom stereocenters. The van der Waals surface area contributed by atoms with Gasteiger partial charge in [0.1, 0.15) is 11.6 Å². The lowest BCUT2D eigenvalue weighted by molar-refractivity contribution is -0.117. The molecule has 0 aliphatic carbocycles. The van der Waals surface area contributed by atoms with E-state index in [4.69, 9.17) is 0 Å². The van der Waals surface area contributed by atoms with Crippen molar-refractivity contribution in [3.8, 4) is 0 Å². The van der Waals surface area contributed by atoms with Crippen molar-refractivity contribution < 1.29 is 14.0 Å². The zero-order chi connectivity index (χ0) is 19.7. The van der Waals surface area contributed by atoms with Crippen LogP contribution in [0.15, 0.2) is 36.5 Å². The number of hydrogen-bond acceptors (Lipinski definition) is 4. The number of carbonyl (C=O) groups excluding carboxylic acids is 2. The Balaban J connectivity index is 2.09. The summed E-state index contributed by atoms with van der Waals surface area (Å²) in [5.41, 5.74) is 2.11. The molecule has 1 aromatic heterocycles. The van der Waals surface area contributed by atoms with Crippen molar-refractivity contribution in [3.63, 3.8) is 0 Å². The number of fused-ring (bicyclic) bond motifs is 1. The number of rotatable bonds is 3. The fourth-order valence-electron chi connectivity index (χ4n) is 3.61. The van der Waals surface area contributed by atoms with Gasteiger partial charge in [-0.15, -0.1) is 0 Å². The van der Waals surface area contributed by atoms with Crippen LogP contribution in [0.4, 0.5) is 15.9 Å². The van der Waals surface area contributed by atoms with Crippen LogP contribution in [0.25, 0.3) is 0 Å². The Kier molecular flexibility index (Phi) is 5.12. The van der Waals surface area contributed by atoms with E-state index in [2.05, 4.69) is 15.6 Å². The van der Waals surface area contributed by atoms with Crippen LogP contribution in [0.3, 0.4) is 0 Å². The highest BCUT2D eigenvalue weighted by Gasteiger charge is 2.38. The van der Waals surface area contributed by atoms with Gasteiger partial charge in [-0.1, -0.05) is 6.92 Å². The first-order valence-corrected chi connectivity index (χ1v) is 8.87. The summed E-state index contributed by atoms with van der Waals surface area (Å²) < 4.78 is 13.2. The minimum atomic E-state index is -0.407. The molecule has 2 N–H and O–H groups in total. The summed E-state index contributed by atoms with van der Waals surface area (Å²) in [6, 6.07) is 7.99. The van der Waals surface area contributed by atoms with Crippen LogP contribution >= 0.6 is 0 Å². The highest BCUT2D eigenvalue weighted by atomic mass is 19.1. The van der Waals surface area contributed by atoms with E-state index in [1.54, 1.807) is 36.2 Å². The molecular weight excluding hydrogens is 347 g/mol. The summed E-state index contributed by atoms with van der Waals surface area (Å²) >= 11 is 0. The van der Waals surface area contributed by atoms with Crippen molar-refractivity contribution in [1.82, 2.24) is 10.3 Å². The molecule has 3 rings (SSSR count). The van der Waals surface area contributed by atoms with Gasteiger partial charge in [0, 0.05) is 37.2 Å². The SMILES string of the molecule is CNC(=O)c1ccc2c(c1)C(Nc1ccc(F)cn1)C(C)[C@H](C)N2C(C)=O. The van der Waals surface area contributed by atoms with Crippen LogP contribution in [0.2, 0.25) is 0 Å². The normalized spacial score (nSPS) is 21.4. The Labute approximate surface area is 157 Å². The molecule has 1 aromatic carbocycles. The smallest absolute Gasteiger partial charge is 0.251 e. The first-order valence-electron chi connectivity index (χ1n) is 8.87. The van der Waals surface area contributed by atoms with Crippen LogP contribution in [0.5, 0.6) is 0 Å². The average molecular weight is 370 g/mol. The van der Waals surface area contributed by atoms with Crippen molar-refractivity contribution in [3.05, 3.63) is 53.5 Å². The van der Waals surface area contributed by atoms with Gasteiger partial charge in [0.15, 0.2) is 0 Å². The highest BCUT2D eigenvalue weighted by Crippen LogP contribution is 2.42. The van der Waals surface area contributed by atoms with Gasteiger partial charge in [-0.3, -0.25) is 9.59 Å². The van der Waals surface area contributed by atoms with Crippen LogP contribution in [0, 0.1) is 11.7 Å². The quantitative estimate of drug-likeness (QED) is 0.871. The van der Waals surface area contributed by atoms with Gasteiger partial charge in [0.05, 0.1) is 12.2 Å². The molecule has 1 aliphatic rings. The minimum absolute atomic E-state index is 0.0354. The Morgan fingerprint density at radius 2 is 1.93 bits per heavy atom. The second-order valence-corrected chi connectivity index (χ2v) is 6.83. The van der Waals surface area contributed by atoms with Crippen LogP contribution in [-0.4, -0.2) is 29.9 Å². The van der Waals surface area contributed by atoms with Gasteiger partial charge in [0.2, 0.25) is 5.91 Å². The monoisotopic (exact) mass is 370 g/mol. The maximum atomic E-state index is 13.2. The maximum Gasteiger partial charge on any atom is 0.251 e. The largest absolute Gasteiger partial charge is 0.363 e. The summed E-state index contributed by atoms with van der Waals surface area (Å²) in [5.74, 6) is -0.0874. The number of aromatic nitrogens is 1. The van der Waals surface area contributed by atoms with E-state index in [-0.39, 0.29) is 29.8 Å². The average Bonchev–Trinajstić information content (AvgIpc) is 2.65. The molecule has 3 atom stereocenters. The predicted molar refractivity (Wildman–Crippen MR) is 102 cm³/mol. The molecule has 0 saturated heterocycles. The molecule has 0 fully saturated rings. The Bertz CT molecular complexity index is 869. The molecule has 0 radical (unpaired) electrons. The molecule has 0 saturated carbocycles. The summed E-state index contributed by atoms with van der Waals surface area (Å²) in [6.07, 6.45) is 1.16. The summed E-state index contributed by atoms with van der Waals surface area (Å²) in [5, 5.41) is 5.96. The molecule has 7 heteroatoms. The van der Waals surface area contributed by atoms with Gasteiger partial charge in [0.25, 0.3) is 5.91 Å². The van der Waals surface area contributed by atoms with E-state index < -0.39 is 5.82 Å². The second kappa shape index (κ2) is 7.34. The van der Waals surface area contributed by atoms with E-state index in [9.17, 15) is 14.0 Å². The van der Waals surface area contributed by atoms with Crippen molar-refractivity contribution in [1.29, 1.82) is 0 Å². The molecule has 2 heterocycles. The molecule has 0 bridgehead atoms. The highest BCUT2D eigenvalue weighted by molar-refractivity contribution is 5.97. The number of pyridine rings is 1. The number of benzene rings is 1. The fourth-order valence-corrected chi connectivity index (χ4v) is 3.61. The van der Waals surface area contributed by atoms with E-state index >= 15 is 0 Å². The number of nitrogens with one attached hydrogen (secondary N) is 2. The third-order valence-corrected chi connectivity index (χ3v) is 5.18. The summed E-state index contributed by atoms with van der Waals surface area (Å²) in [6.45, 7) is 5.57. The van der Waals surface area contributed by atoms with Gasteiger partial charge in [-0.25, -0.2) is 9.37 Å². The second-order valence-electron chi connectivity index (χ2n) is 6.83. The lowest BCUT2D eigenvalue weighted by atomic mass is 9.82. The standard InChI is InChI=1S/C20H23FN4O2/c1-11-12(2)25(13(3)26)17-7-5-14(20(27)22-4)9-16(17)19(11)24-18-8-6-15(21)10-23-18/h5-12,19H,1-4H3,(H,22,27)(H,23,24)/t11?,12-,19?/m0/s1. The first kappa shape index (κ1) is 18.8. The number of hydrogen-bond donors (Lipinski definition) is 2. The molecule has 1 aliphatic heterocycles. The van der Waals surface area contributed by atoms with E-state index in [0.717, 1.165) is 17.4 Å². The van der Waals surface area contributed by atoms with Gasteiger partial charge in [-0.2, -0.15) is 0 Å². The van der Waals surface area contributed by atoms with Crippen LogP contribution in [0.1, 0.15) is 42.7 Å². The van der Waals surface area contributed by atoms with Crippen molar-refractivity contribution in [2.45, 2.75) is 32.9 Å². The minimum Gasteiger partial charge on any atom is -0.363 e. The predicted octanol–water partition coefficient (Wildman–Crippen LogP) is 3.12. The fraction of sp³-hybridized carbons (Fsp3) is 0.350. The van der Waals surface area contributed by atoms with Crippen molar-refractivity contribution in [2.75, 3.05) is 17.3 Å². The molecule has 142 valence electrons. The van der Waals surface area contributed by atoms with E-state index in [1.807, 2.05) is 13.8 Å². The molecule has 27 heavy (non-hydrogen) atoms. The van der Waals surface area contributed by atoms with Crippen molar-refractivity contribution in [2.24, 2.45) is 5.92 Å². The lowest BCUT2D eigenvalue weighted by Gasteiger charge is -2.44. The van der Waals surface area contributed by atoms with Crippen LogP contribution < -0.4 is 15.5 Å². The molecule has 2 aromatic rings. The van der Waals surface area contributed by atoms with Gasteiger partial charge in [-0.05, 0) is 42.8 Å². The lowest BCUT2D eigenvalue weighted by Crippen LogP contribution is -2.48. The summed E-state index contributed by atoms with van der Waals surface area (Å²) in [4.78, 5) is 30.2. The Morgan fingerprint density at radius 1 is 1.19 bits per heavy atom. The third kappa shape index (κ3) is 3.49. The van der Waals surface area contributed by atoms with Gasteiger partial charge >= 0.3 is 0 Å². The molecular formula is C20H23FN4O2. The number of carbonyl (C=O) groups is 2. The third-order valence-electron chi connectivity index (χ3n) is 5.18. The Hall–Kier alpha value is -2.96. The van der Waals surface area contributed by atoms with Crippen molar-refractivity contribution >= 4 is 23.3 Å². The maximum absolute atomic E-state index is 13.2. The Morgan fingerprint density at radius 3 is 2.52 bits per heavy atom.